The van der Waals surface area contributed by atoms with E-state index in [0.717, 1.165) is 12.1 Å². The van der Waals surface area contributed by atoms with Gasteiger partial charge in [0.05, 0.1) is 11.1 Å². The molecule has 142 valence electrons. The van der Waals surface area contributed by atoms with Gasteiger partial charge in [-0.15, -0.1) is 0 Å². The Bertz CT molecular complexity index is 806. The highest BCUT2D eigenvalue weighted by atomic mass is 19.4. The Hall–Kier alpha value is -2.59. The molecule has 0 saturated heterocycles. The fourth-order valence-electron chi connectivity index (χ4n) is 2.01. The van der Waals surface area contributed by atoms with Gasteiger partial charge in [-0.05, 0) is 30.3 Å². The molecule has 0 fully saturated rings. The molecule has 0 radical (unpaired) electrons. The Balaban J connectivity index is 2.57. The third-order valence-electron chi connectivity index (χ3n) is 3.15. The summed E-state index contributed by atoms with van der Waals surface area (Å²) in [6.45, 7) is 0. The number of rotatable bonds is 2. The predicted octanol–water partition coefficient (Wildman–Crippen LogP) is 6.12. The average molecular weight is 389 g/mol. The SMILES string of the molecule is Nc1cc(C(F)(F)F)c(Oc2cccc(C(F)(F)F)c2)cc1C(F)(F)F. The lowest BCUT2D eigenvalue weighted by atomic mass is 10.1. The lowest BCUT2D eigenvalue weighted by Crippen LogP contribution is -2.14. The van der Waals surface area contributed by atoms with Gasteiger partial charge in [0.1, 0.15) is 17.1 Å². The molecule has 0 aliphatic carbocycles. The van der Waals surface area contributed by atoms with Gasteiger partial charge < -0.3 is 10.5 Å². The molecule has 2 N–H and O–H groups in total. The average Bonchev–Trinajstić information content (AvgIpc) is 2.46. The van der Waals surface area contributed by atoms with Gasteiger partial charge >= 0.3 is 18.5 Å². The summed E-state index contributed by atoms with van der Waals surface area (Å²) in [4.78, 5) is 0. The van der Waals surface area contributed by atoms with Crippen molar-refractivity contribution in [2.45, 2.75) is 18.5 Å². The minimum Gasteiger partial charge on any atom is -0.457 e. The number of benzene rings is 2. The molecular formula is C15H8F9NO. The van der Waals surface area contributed by atoms with E-state index < -0.39 is 52.4 Å². The van der Waals surface area contributed by atoms with Gasteiger partial charge in [-0.25, -0.2) is 0 Å². The summed E-state index contributed by atoms with van der Waals surface area (Å²) in [6, 6.07) is 2.72. The first-order valence-corrected chi connectivity index (χ1v) is 6.62. The molecule has 0 saturated carbocycles. The summed E-state index contributed by atoms with van der Waals surface area (Å²) in [5, 5.41) is 0. The zero-order valence-electron chi connectivity index (χ0n) is 12.4. The van der Waals surface area contributed by atoms with Crippen LogP contribution in [0.5, 0.6) is 11.5 Å². The van der Waals surface area contributed by atoms with Crippen molar-refractivity contribution in [3.8, 4) is 11.5 Å². The van der Waals surface area contributed by atoms with E-state index in [2.05, 4.69) is 4.74 Å². The van der Waals surface area contributed by atoms with E-state index in [1.165, 1.54) is 0 Å². The highest BCUT2D eigenvalue weighted by molar-refractivity contribution is 5.57. The van der Waals surface area contributed by atoms with E-state index in [-0.39, 0.29) is 12.1 Å². The smallest absolute Gasteiger partial charge is 0.420 e. The molecule has 26 heavy (non-hydrogen) atoms. The molecule has 2 rings (SSSR count). The van der Waals surface area contributed by atoms with E-state index in [0.29, 0.717) is 12.1 Å². The van der Waals surface area contributed by atoms with E-state index in [1.807, 2.05) is 0 Å². The number of anilines is 1. The Morgan fingerprint density at radius 1 is 0.692 bits per heavy atom. The van der Waals surface area contributed by atoms with Crippen molar-refractivity contribution in [1.82, 2.24) is 0 Å². The van der Waals surface area contributed by atoms with Gasteiger partial charge in [0.25, 0.3) is 0 Å². The van der Waals surface area contributed by atoms with Crippen molar-refractivity contribution in [3.05, 3.63) is 53.1 Å². The third-order valence-corrected chi connectivity index (χ3v) is 3.15. The first-order valence-electron chi connectivity index (χ1n) is 6.62. The predicted molar refractivity (Wildman–Crippen MR) is 72.4 cm³/mol. The lowest BCUT2D eigenvalue weighted by Gasteiger charge is -2.18. The van der Waals surface area contributed by atoms with Crippen LogP contribution < -0.4 is 10.5 Å². The summed E-state index contributed by atoms with van der Waals surface area (Å²) in [6.07, 6.45) is -15.0. The molecule has 11 heteroatoms. The molecule has 0 aliphatic heterocycles. The van der Waals surface area contributed by atoms with Crippen molar-refractivity contribution >= 4 is 5.69 Å². The van der Waals surface area contributed by atoms with Crippen molar-refractivity contribution in [3.63, 3.8) is 0 Å². The van der Waals surface area contributed by atoms with Crippen LogP contribution in [0.3, 0.4) is 0 Å². The van der Waals surface area contributed by atoms with Crippen LogP contribution in [0.25, 0.3) is 0 Å². The monoisotopic (exact) mass is 389 g/mol. The van der Waals surface area contributed by atoms with Crippen LogP contribution in [-0.2, 0) is 18.5 Å². The topological polar surface area (TPSA) is 35.2 Å². The quantitative estimate of drug-likeness (QED) is 0.496. The van der Waals surface area contributed by atoms with Gasteiger partial charge in [0.15, 0.2) is 0 Å². The maximum Gasteiger partial charge on any atom is 0.420 e. The molecular weight excluding hydrogens is 381 g/mol. The number of alkyl halides is 9. The van der Waals surface area contributed by atoms with E-state index in [4.69, 9.17) is 5.73 Å². The Morgan fingerprint density at radius 3 is 1.77 bits per heavy atom. The second-order valence-electron chi connectivity index (χ2n) is 5.06. The zero-order chi connectivity index (χ0) is 19.9. The molecule has 0 heterocycles. The minimum absolute atomic E-state index is 0.00157. The number of halogens is 9. The van der Waals surface area contributed by atoms with Crippen LogP contribution in [0.2, 0.25) is 0 Å². The second kappa shape index (κ2) is 6.29. The minimum atomic E-state index is -5.14. The largest absolute Gasteiger partial charge is 0.457 e. The van der Waals surface area contributed by atoms with Gasteiger partial charge in [-0.3, -0.25) is 0 Å². The molecule has 2 nitrogen and oxygen atoms in total. The van der Waals surface area contributed by atoms with E-state index in [9.17, 15) is 39.5 Å². The molecule has 0 aromatic heterocycles. The molecule has 2 aromatic carbocycles. The van der Waals surface area contributed by atoms with Crippen molar-refractivity contribution in [2.75, 3.05) is 5.73 Å². The van der Waals surface area contributed by atoms with Crippen molar-refractivity contribution in [2.24, 2.45) is 0 Å². The summed E-state index contributed by atoms with van der Waals surface area (Å²) < 4.78 is 120. The third kappa shape index (κ3) is 4.33. The van der Waals surface area contributed by atoms with E-state index >= 15 is 0 Å². The van der Waals surface area contributed by atoms with Crippen molar-refractivity contribution < 1.29 is 44.3 Å². The summed E-state index contributed by atoms with van der Waals surface area (Å²) >= 11 is 0. The molecule has 0 aliphatic rings. The molecule has 2 aromatic rings. The summed E-state index contributed by atoms with van der Waals surface area (Å²) in [7, 11) is 0. The number of hydrogen-bond donors (Lipinski definition) is 1. The van der Waals surface area contributed by atoms with Crippen LogP contribution >= 0.6 is 0 Å². The van der Waals surface area contributed by atoms with Crippen LogP contribution in [0.1, 0.15) is 16.7 Å². The molecule has 0 spiro atoms. The zero-order valence-corrected chi connectivity index (χ0v) is 12.4. The number of nitrogens with two attached hydrogens (primary N) is 1. The Labute approximate surface area is 140 Å². The highest BCUT2D eigenvalue weighted by Gasteiger charge is 2.40. The van der Waals surface area contributed by atoms with Gasteiger partial charge in [-0.1, -0.05) is 6.07 Å². The number of nitrogen functional groups attached to an aromatic ring is 1. The van der Waals surface area contributed by atoms with Gasteiger partial charge in [0.2, 0.25) is 0 Å². The molecule has 0 atom stereocenters. The maximum atomic E-state index is 13.0. The van der Waals surface area contributed by atoms with Crippen molar-refractivity contribution in [1.29, 1.82) is 0 Å². The molecule has 0 amide bonds. The summed E-state index contributed by atoms with van der Waals surface area (Å²) in [5.74, 6) is -2.04. The van der Waals surface area contributed by atoms with Crippen LogP contribution in [0.15, 0.2) is 36.4 Å². The second-order valence-corrected chi connectivity index (χ2v) is 5.06. The van der Waals surface area contributed by atoms with Crippen LogP contribution in [0, 0.1) is 0 Å². The molecule has 0 unspecified atom stereocenters. The first-order chi connectivity index (χ1) is 11.7. The molecule has 0 bridgehead atoms. The highest BCUT2D eigenvalue weighted by Crippen LogP contribution is 2.44. The fraction of sp³-hybridized carbons (Fsp3) is 0.200. The number of ether oxygens (including phenoxy) is 1. The Morgan fingerprint density at radius 2 is 1.27 bits per heavy atom. The van der Waals surface area contributed by atoms with Crippen LogP contribution in [0.4, 0.5) is 45.2 Å². The summed E-state index contributed by atoms with van der Waals surface area (Å²) in [5.41, 5.74) is -0.667. The van der Waals surface area contributed by atoms with Crippen LogP contribution in [-0.4, -0.2) is 0 Å². The maximum absolute atomic E-state index is 13.0. The number of hydrogen-bond acceptors (Lipinski definition) is 2. The van der Waals surface area contributed by atoms with Gasteiger partial charge in [-0.2, -0.15) is 39.5 Å². The normalized spacial score (nSPS) is 13.0. The Kier molecular flexibility index (Phi) is 4.77. The van der Waals surface area contributed by atoms with E-state index in [1.54, 1.807) is 0 Å². The fourth-order valence-corrected chi connectivity index (χ4v) is 2.01. The lowest BCUT2D eigenvalue weighted by molar-refractivity contribution is -0.141. The van der Waals surface area contributed by atoms with Gasteiger partial charge in [0, 0.05) is 5.69 Å². The standard InChI is InChI=1S/C15H8F9NO/c16-13(17,18)7-2-1-3-8(4-7)26-12-6-9(14(19,20)21)11(25)5-10(12)15(22,23)24/h1-6H,25H2. The first kappa shape index (κ1) is 19.7.